The molecular formula is C17H28N4O5S. The summed E-state index contributed by atoms with van der Waals surface area (Å²) in [5.41, 5.74) is 11.1. The van der Waals surface area contributed by atoms with E-state index in [0.717, 1.165) is 0 Å². The molecule has 0 fully saturated rings. The van der Waals surface area contributed by atoms with Crippen molar-refractivity contribution < 1.29 is 23.1 Å². The van der Waals surface area contributed by atoms with Crippen LogP contribution in [-0.2, 0) is 21.2 Å². The number of rotatable bonds is 13. The minimum absolute atomic E-state index is 0.0395. The van der Waals surface area contributed by atoms with E-state index in [1.807, 2.05) is 6.92 Å². The van der Waals surface area contributed by atoms with Gasteiger partial charge < -0.3 is 21.3 Å². The Morgan fingerprint density at radius 1 is 1.26 bits per heavy atom. The van der Waals surface area contributed by atoms with Crippen LogP contribution in [0.25, 0.3) is 0 Å². The van der Waals surface area contributed by atoms with Crippen molar-refractivity contribution in [2.24, 2.45) is 16.5 Å². The Balaban J connectivity index is 2.57. The molecular weight excluding hydrogens is 372 g/mol. The number of hydrogen-bond acceptors (Lipinski definition) is 5. The third-order valence-electron chi connectivity index (χ3n) is 3.62. The monoisotopic (exact) mass is 400 g/mol. The van der Waals surface area contributed by atoms with Gasteiger partial charge in [-0.1, -0.05) is 25.5 Å². The molecule has 0 aromatic heterocycles. The number of unbranched alkanes of at least 4 members (excludes halogenated alkanes) is 1. The van der Waals surface area contributed by atoms with Crippen LogP contribution in [0.15, 0.2) is 29.3 Å². The molecule has 0 amide bonds. The number of aliphatic imine (C=N–C) groups is 1. The van der Waals surface area contributed by atoms with Crippen molar-refractivity contribution in [2.75, 3.05) is 18.9 Å². The maximum absolute atomic E-state index is 11.9. The molecule has 10 heteroatoms. The Hall–Kier alpha value is -2.33. The van der Waals surface area contributed by atoms with E-state index in [-0.39, 0.29) is 18.1 Å². The topological polar surface area (TPSA) is 157 Å². The first kappa shape index (κ1) is 22.7. The molecule has 0 aliphatic rings. The number of hydrogen-bond donors (Lipinski definition) is 4. The summed E-state index contributed by atoms with van der Waals surface area (Å²) in [6.45, 7) is 2.78. The third kappa shape index (κ3) is 9.80. The predicted octanol–water partition coefficient (Wildman–Crippen LogP) is 0.444. The number of carbonyl (C=O) groups is 1. The first-order chi connectivity index (χ1) is 12.7. The summed E-state index contributed by atoms with van der Waals surface area (Å²) in [4.78, 5) is 15.2. The molecule has 9 nitrogen and oxygen atoms in total. The number of aliphatic carboxylic acids is 1. The highest BCUT2D eigenvalue weighted by Gasteiger charge is 2.24. The minimum Gasteiger partial charge on any atom is -0.494 e. The molecule has 1 rings (SSSR count). The lowest BCUT2D eigenvalue weighted by Crippen LogP contribution is -2.43. The van der Waals surface area contributed by atoms with E-state index >= 15 is 0 Å². The smallest absolute Gasteiger partial charge is 0.322 e. The number of nitrogens with two attached hydrogens (primary N) is 2. The van der Waals surface area contributed by atoms with Gasteiger partial charge in [-0.3, -0.25) is 9.79 Å². The summed E-state index contributed by atoms with van der Waals surface area (Å²) in [7, 11) is -3.62. The molecule has 1 atom stereocenters. The quantitative estimate of drug-likeness (QED) is 0.212. The maximum atomic E-state index is 11.9. The number of guanidine groups is 1. The van der Waals surface area contributed by atoms with Gasteiger partial charge >= 0.3 is 5.97 Å². The second-order valence-electron chi connectivity index (χ2n) is 6.04. The van der Waals surface area contributed by atoms with Crippen LogP contribution in [-0.4, -0.2) is 50.4 Å². The van der Waals surface area contributed by atoms with E-state index in [9.17, 15) is 18.3 Å². The number of benzene rings is 1. The summed E-state index contributed by atoms with van der Waals surface area (Å²) >= 11 is 0. The Labute approximate surface area is 159 Å². The van der Waals surface area contributed by atoms with Crippen LogP contribution in [0.4, 0.5) is 0 Å². The van der Waals surface area contributed by atoms with Crippen molar-refractivity contribution in [3.63, 3.8) is 0 Å². The average molecular weight is 401 g/mol. The molecule has 1 aromatic rings. The number of sulfonamides is 1. The molecule has 0 radical (unpaired) electrons. The number of carboxylic acid groups (broad SMARTS) is 1. The van der Waals surface area contributed by atoms with Gasteiger partial charge in [0.1, 0.15) is 11.8 Å². The minimum atomic E-state index is -3.62. The van der Waals surface area contributed by atoms with Gasteiger partial charge in [0.15, 0.2) is 5.96 Å². The van der Waals surface area contributed by atoms with Gasteiger partial charge in [-0.15, -0.1) is 0 Å². The van der Waals surface area contributed by atoms with Gasteiger partial charge in [0.2, 0.25) is 10.0 Å². The molecule has 0 spiro atoms. The highest BCUT2D eigenvalue weighted by Crippen LogP contribution is 2.14. The molecule has 0 aliphatic carbocycles. The zero-order chi connectivity index (χ0) is 20.3. The van der Waals surface area contributed by atoms with Gasteiger partial charge in [0.05, 0.1) is 12.4 Å². The molecule has 0 saturated carbocycles. The lowest BCUT2D eigenvalue weighted by atomic mass is 10.1. The summed E-state index contributed by atoms with van der Waals surface area (Å²) in [6, 6.07) is 5.63. The average Bonchev–Trinajstić information content (AvgIpc) is 2.60. The van der Waals surface area contributed by atoms with Gasteiger partial charge in [-0.25, -0.2) is 13.1 Å². The molecule has 27 heavy (non-hydrogen) atoms. The van der Waals surface area contributed by atoms with E-state index in [4.69, 9.17) is 16.2 Å². The summed E-state index contributed by atoms with van der Waals surface area (Å²) in [5, 5.41) is 9.30. The highest BCUT2D eigenvalue weighted by molar-refractivity contribution is 7.89. The number of carboxylic acids is 1. The SMILES string of the molecule is CCCCS(=O)(=O)N[C@@H](Cc1ccc(OCCCN=C(N)N)cc1)C(=O)O. The van der Waals surface area contributed by atoms with Crippen LogP contribution in [0.2, 0.25) is 0 Å². The molecule has 0 unspecified atom stereocenters. The fraction of sp³-hybridized carbons (Fsp3) is 0.529. The largest absolute Gasteiger partial charge is 0.494 e. The Kier molecular flexibility index (Phi) is 9.59. The van der Waals surface area contributed by atoms with Crippen LogP contribution in [0.3, 0.4) is 0 Å². The van der Waals surface area contributed by atoms with E-state index < -0.39 is 22.0 Å². The van der Waals surface area contributed by atoms with Crippen LogP contribution >= 0.6 is 0 Å². The summed E-state index contributed by atoms with van der Waals surface area (Å²) < 4.78 is 31.7. The fourth-order valence-corrected chi connectivity index (χ4v) is 3.61. The predicted molar refractivity (Wildman–Crippen MR) is 104 cm³/mol. The number of nitrogens with zero attached hydrogens (tertiary/aromatic N) is 1. The lowest BCUT2D eigenvalue weighted by Gasteiger charge is -2.15. The van der Waals surface area contributed by atoms with Crippen LogP contribution in [0.5, 0.6) is 5.75 Å². The zero-order valence-corrected chi connectivity index (χ0v) is 16.2. The standard InChI is InChI=1S/C17H28N4O5S/c1-2-3-11-27(24,25)21-15(16(22)23)12-13-5-7-14(8-6-13)26-10-4-9-20-17(18)19/h5-8,15,21H,2-4,9-12H2,1H3,(H,22,23)(H4,18,19,20)/t15-/m0/s1. The first-order valence-electron chi connectivity index (χ1n) is 8.73. The van der Waals surface area contributed by atoms with E-state index in [0.29, 0.717) is 43.7 Å². The van der Waals surface area contributed by atoms with Gasteiger partial charge in [-0.05, 0) is 30.5 Å². The Morgan fingerprint density at radius 2 is 1.93 bits per heavy atom. The van der Waals surface area contributed by atoms with Gasteiger partial charge in [-0.2, -0.15) is 0 Å². The van der Waals surface area contributed by atoms with E-state index in [1.165, 1.54) is 0 Å². The van der Waals surface area contributed by atoms with E-state index in [1.54, 1.807) is 24.3 Å². The van der Waals surface area contributed by atoms with Crippen molar-refractivity contribution in [1.82, 2.24) is 4.72 Å². The molecule has 6 N–H and O–H groups in total. The van der Waals surface area contributed by atoms with Crippen molar-refractivity contribution in [2.45, 2.75) is 38.6 Å². The van der Waals surface area contributed by atoms with Crippen LogP contribution in [0.1, 0.15) is 31.7 Å². The highest BCUT2D eigenvalue weighted by atomic mass is 32.2. The van der Waals surface area contributed by atoms with Crippen molar-refractivity contribution >= 4 is 22.0 Å². The molecule has 1 aromatic carbocycles. The Morgan fingerprint density at radius 3 is 2.48 bits per heavy atom. The number of nitrogens with one attached hydrogen (secondary N) is 1. The second-order valence-corrected chi connectivity index (χ2v) is 7.91. The Bertz CT molecular complexity index is 715. The number of ether oxygens (including phenoxy) is 1. The molecule has 0 bridgehead atoms. The van der Waals surface area contributed by atoms with Crippen LogP contribution in [0, 0.1) is 0 Å². The third-order valence-corrected chi connectivity index (χ3v) is 5.09. The second kappa shape index (κ2) is 11.4. The first-order valence-corrected chi connectivity index (χ1v) is 10.4. The summed E-state index contributed by atoms with van der Waals surface area (Å²) in [6.07, 6.45) is 1.90. The van der Waals surface area contributed by atoms with Crippen LogP contribution < -0.4 is 20.9 Å². The van der Waals surface area contributed by atoms with Gasteiger partial charge in [0.25, 0.3) is 0 Å². The molecule has 0 heterocycles. The van der Waals surface area contributed by atoms with Crippen molar-refractivity contribution in [3.05, 3.63) is 29.8 Å². The lowest BCUT2D eigenvalue weighted by molar-refractivity contribution is -0.138. The summed E-state index contributed by atoms with van der Waals surface area (Å²) in [5.74, 6) is -0.633. The zero-order valence-electron chi connectivity index (χ0n) is 15.4. The normalized spacial score (nSPS) is 12.3. The van der Waals surface area contributed by atoms with E-state index in [2.05, 4.69) is 9.71 Å². The van der Waals surface area contributed by atoms with Crippen molar-refractivity contribution in [1.29, 1.82) is 0 Å². The fourth-order valence-electron chi connectivity index (χ4n) is 2.21. The molecule has 0 aliphatic heterocycles. The molecule has 0 saturated heterocycles. The maximum Gasteiger partial charge on any atom is 0.322 e. The molecule has 152 valence electrons. The van der Waals surface area contributed by atoms with Gasteiger partial charge in [0, 0.05) is 13.0 Å². The van der Waals surface area contributed by atoms with Crippen molar-refractivity contribution in [3.8, 4) is 5.75 Å².